The summed E-state index contributed by atoms with van der Waals surface area (Å²) in [6.45, 7) is 9.85. The van der Waals surface area contributed by atoms with E-state index in [9.17, 15) is 9.59 Å². The van der Waals surface area contributed by atoms with Gasteiger partial charge in [-0.15, -0.1) is 0 Å². The Morgan fingerprint density at radius 3 is 2.57 bits per heavy atom. The molecule has 12 nitrogen and oxygen atoms in total. The number of aromatic nitrogens is 3. The third-order valence-electron chi connectivity index (χ3n) is 11.6. The quantitative estimate of drug-likeness (QED) is 0.129. The lowest BCUT2D eigenvalue weighted by Crippen LogP contribution is -2.42. The minimum Gasteiger partial charge on any atom is -0.496 e. The van der Waals surface area contributed by atoms with Gasteiger partial charge in [0.15, 0.2) is 5.65 Å². The molecule has 4 N–H and O–H groups in total. The van der Waals surface area contributed by atoms with Crippen molar-refractivity contribution >= 4 is 28.5 Å². The molecular weight excluding hydrogens is 705 g/mol. The Hall–Kier alpha value is -5.30. The topological polar surface area (TPSA) is 140 Å². The molecule has 3 aliphatic rings. The number of nitrogens with zero attached hydrogens (tertiary/aromatic N) is 5. The molecule has 0 aliphatic carbocycles. The molecule has 3 saturated heterocycles. The molecule has 292 valence electrons. The highest BCUT2D eigenvalue weighted by Crippen LogP contribution is 2.36. The maximum Gasteiger partial charge on any atom is 0.254 e. The summed E-state index contributed by atoms with van der Waals surface area (Å²) in [6, 6.07) is 22.9. The number of ether oxygens (including phenoxy) is 2. The normalized spacial score (nSPS) is 18.4. The number of carbonyl (C=O) groups is 2. The number of carbonyl (C=O) groups excluding carboxylic acids is 2. The molecule has 3 aliphatic heterocycles. The number of nitrogens with one attached hydrogen (secondary N) is 2. The van der Waals surface area contributed by atoms with E-state index in [-0.39, 0.29) is 24.1 Å². The molecule has 5 aromatic rings. The van der Waals surface area contributed by atoms with Crippen LogP contribution in [0.2, 0.25) is 0 Å². The van der Waals surface area contributed by atoms with Crippen LogP contribution in [0, 0.1) is 0 Å². The lowest BCUT2D eigenvalue weighted by Gasteiger charge is -2.29. The summed E-state index contributed by atoms with van der Waals surface area (Å²) < 4.78 is 13.5. The van der Waals surface area contributed by atoms with Crippen LogP contribution >= 0.6 is 0 Å². The van der Waals surface area contributed by atoms with Gasteiger partial charge in [-0.1, -0.05) is 37.3 Å². The number of nitrogens with two attached hydrogens (primary N) is 1. The highest BCUT2D eigenvalue weighted by Gasteiger charge is 2.37. The summed E-state index contributed by atoms with van der Waals surface area (Å²) in [5.41, 5.74) is 14.2. The lowest BCUT2D eigenvalue weighted by molar-refractivity contribution is 0.0730. The van der Waals surface area contributed by atoms with Gasteiger partial charge in [0, 0.05) is 92.0 Å². The van der Waals surface area contributed by atoms with Crippen LogP contribution in [0.3, 0.4) is 0 Å². The molecule has 2 amide bonds. The second-order valence-electron chi connectivity index (χ2n) is 15.3. The van der Waals surface area contributed by atoms with Crippen LogP contribution in [-0.4, -0.2) is 87.9 Å². The molecule has 8 rings (SSSR count). The largest absolute Gasteiger partial charge is 0.496 e. The molecule has 0 saturated carbocycles. The van der Waals surface area contributed by atoms with Crippen molar-refractivity contribution in [2.24, 2.45) is 5.73 Å². The average Bonchev–Trinajstić information content (AvgIpc) is 3.98. The van der Waals surface area contributed by atoms with Gasteiger partial charge in [-0.25, -0.2) is 9.67 Å². The summed E-state index contributed by atoms with van der Waals surface area (Å²) in [4.78, 5) is 36.6. The minimum atomic E-state index is -0.582. The van der Waals surface area contributed by atoms with Crippen molar-refractivity contribution in [3.05, 3.63) is 106 Å². The Morgan fingerprint density at radius 2 is 1.84 bits per heavy atom. The fourth-order valence-corrected chi connectivity index (χ4v) is 8.67. The third kappa shape index (κ3) is 7.73. The summed E-state index contributed by atoms with van der Waals surface area (Å²) in [6.07, 6.45) is 5.52. The average molecular weight is 757 g/mol. The van der Waals surface area contributed by atoms with E-state index in [0.717, 1.165) is 82.9 Å². The van der Waals surface area contributed by atoms with Gasteiger partial charge in [-0.2, -0.15) is 5.10 Å². The van der Waals surface area contributed by atoms with E-state index in [1.807, 2.05) is 27.9 Å². The van der Waals surface area contributed by atoms with Gasteiger partial charge >= 0.3 is 0 Å². The van der Waals surface area contributed by atoms with Crippen LogP contribution in [0.5, 0.6) is 5.75 Å². The van der Waals surface area contributed by atoms with E-state index < -0.39 is 5.91 Å². The van der Waals surface area contributed by atoms with Crippen molar-refractivity contribution in [2.45, 2.75) is 83.8 Å². The van der Waals surface area contributed by atoms with Gasteiger partial charge in [0.1, 0.15) is 5.75 Å². The molecule has 12 heteroatoms. The first kappa shape index (κ1) is 37.6. The van der Waals surface area contributed by atoms with Crippen molar-refractivity contribution in [3.8, 4) is 16.9 Å². The predicted octanol–water partition coefficient (Wildman–Crippen LogP) is 5.77. The zero-order valence-corrected chi connectivity index (χ0v) is 32.6. The zero-order chi connectivity index (χ0) is 38.8. The Kier molecular flexibility index (Phi) is 11.0. The van der Waals surface area contributed by atoms with Gasteiger partial charge in [0.05, 0.1) is 30.9 Å². The number of piperazine rings is 1. The summed E-state index contributed by atoms with van der Waals surface area (Å²) in [5.74, 6) is -0.0348. The first-order valence-corrected chi connectivity index (χ1v) is 20.0. The van der Waals surface area contributed by atoms with Gasteiger partial charge in [0.2, 0.25) is 5.91 Å². The number of benzene rings is 3. The van der Waals surface area contributed by atoms with Crippen molar-refractivity contribution in [2.75, 3.05) is 38.7 Å². The molecular formula is C44H52N8O4. The van der Waals surface area contributed by atoms with Crippen LogP contribution in [-0.2, 0) is 37.3 Å². The fraction of sp³-hybridized carbons (Fsp3) is 0.409. The molecule has 0 spiro atoms. The number of methoxy groups -OCH3 is 1. The van der Waals surface area contributed by atoms with Crippen LogP contribution in [0.15, 0.2) is 72.9 Å². The van der Waals surface area contributed by atoms with E-state index in [2.05, 4.69) is 64.8 Å². The maximum atomic E-state index is 14.8. The number of aryl methyl sites for hydroxylation is 2. The molecule has 0 radical (unpaired) electrons. The number of rotatable bonds is 14. The molecule has 3 aromatic carbocycles. The molecule has 2 aromatic heterocycles. The SMILES string of the molecule is CCc1nc2c(cnn2CC)c(NC2CCOCC2)c1CN(Cc1ccc(OC)c(-c2cccc(CN3C[C@@H]4CC3CN4)c2)c1)C(=O)c1cccc(C(N)=O)c1. The number of hydrogen-bond donors (Lipinski definition) is 3. The first-order chi connectivity index (χ1) is 27.3. The number of pyridine rings is 1. The highest BCUT2D eigenvalue weighted by molar-refractivity contribution is 5.99. The van der Waals surface area contributed by atoms with E-state index in [4.69, 9.17) is 20.2 Å². The number of amides is 2. The molecule has 1 unspecified atom stereocenters. The highest BCUT2D eigenvalue weighted by atomic mass is 16.5. The van der Waals surface area contributed by atoms with E-state index >= 15 is 0 Å². The molecule has 5 heterocycles. The summed E-state index contributed by atoms with van der Waals surface area (Å²) in [7, 11) is 1.70. The van der Waals surface area contributed by atoms with Gasteiger partial charge < -0.3 is 30.7 Å². The maximum absolute atomic E-state index is 14.8. The van der Waals surface area contributed by atoms with Crippen LogP contribution in [0.1, 0.15) is 76.2 Å². The van der Waals surface area contributed by atoms with E-state index in [1.54, 1.807) is 31.4 Å². The van der Waals surface area contributed by atoms with Crippen LogP contribution in [0.25, 0.3) is 22.2 Å². The fourth-order valence-electron chi connectivity index (χ4n) is 8.67. The number of hydrogen-bond acceptors (Lipinski definition) is 9. The van der Waals surface area contributed by atoms with Gasteiger partial charge in [-0.3, -0.25) is 14.5 Å². The van der Waals surface area contributed by atoms with Crippen LogP contribution < -0.4 is 21.1 Å². The standard InChI is InChI=1S/C44H52N8O4/c1-4-39-38(41(48-33-14-16-56-17-15-33)37-23-47-52(5-2)43(37)49-39)27-51(44(54)32-11-7-10-31(20-32)42(45)53)25-29-12-13-40(55-3)36(19-29)30-9-6-8-28(18-30)24-50-26-34-21-35(50)22-46-34/h6-13,18-20,23,33-35,46H,4-5,14-17,21-22,24-27H2,1-3H3,(H2,45,53)(H,48,49)/t34-,35?/m0/s1. The lowest BCUT2D eigenvalue weighted by atomic mass is 9.98. The second kappa shape index (κ2) is 16.4. The Morgan fingerprint density at radius 1 is 1.02 bits per heavy atom. The monoisotopic (exact) mass is 756 g/mol. The summed E-state index contributed by atoms with van der Waals surface area (Å²) >= 11 is 0. The van der Waals surface area contributed by atoms with Crippen molar-refractivity contribution in [3.63, 3.8) is 0 Å². The van der Waals surface area contributed by atoms with Crippen LogP contribution in [0.4, 0.5) is 5.69 Å². The number of fused-ring (bicyclic) bond motifs is 3. The van der Waals surface area contributed by atoms with Crippen molar-refractivity contribution in [1.29, 1.82) is 0 Å². The first-order valence-electron chi connectivity index (χ1n) is 20.0. The van der Waals surface area contributed by atoms with Crippen molar-refractivity contribution < 1.29 is 19.1 Å². The number of anilines is 1. The number of primary amides is 1. The summed E-state index contributed by atoms with van der Waals surface area (Å²) in [5, 5.41) is 13.1. The Balaban J connectivity index is 1.18. The molecule has 56 heavy (non-hydrogen) atoms. The Bertz CT molecular complexity index is 2230. The minimum absolute atomic E-state index is 0.205. The third-order valence-corrected chi connectivity index (χ3v) is 11.6. The van der Waals surface area contributed by atoms with Gasteiger partial charge in [-0.05, 0) is 85.7 Å². The Labute approximate surface area is 328 Å². The molecule has 3 fully saturated rings. The second-order valence-corrected chi connectivity index (χ2v) is 15.3. The van der Waals surface area contributed by atoms with E-state index in [1.165, 1.54) is 12.0 Å². The van der Waals surface area contributed by atoms with E-state index in [0.29, 0.717) is 50.4 Å². The number of likely N-dealkylation sites (tertiary alicyclic amines) is 1. The molecule has 2 atom stereocenters. The van der Waals surface area contributed by atoms with Crippen molar-refractivity contribution in [1.82, 2.24) is 29.9 Å². The zero-order valence-electron chi connectivity index (χ0n) is 32.6. The smallest absolute Gasteiger partial charge is 0.254 e. The predicted molar refractivity (Wildman–Crippen MR) is 218 cm³/mol. The van der Waals surface area contributed by atoms with Gasteiger partial charge in [0.25, 0.3) is 5.91 Å². The molecule has 2 bridgehead atoms.